The van der Waals surface area contributed by atoms with Crippen LogP contribution in [-0.4, -0.2) is 43.3 Å². The highest BCUT2D eigenvalue weighted by atomic mass is 32.2. The van der Waals surface area contributed by atoms with Crippen molar-refractivity contribution in [1.29, 1.82) is 0 Å². The van der Waals surface area contributed by atoms with E-state index < -0.39 is 10.0 Å². The van der Waals surface area contributed by atoms with Crippen LogP contribution in [0.2, 0.25) is 0 Å². The molecule has 1 aromatic heterocycles. The zero-order valence-corrected chi connectivity index (χ0v) is 17.6. The first-order valence-corrected chi connectivity index (χ1v) is 11.3. The van der Waals surface area contributed by atoms with Crippen molar-refractivity contribution in [2.45, 2.75) is 44.9 Å². The van der Waals surface area contributed by atoms with Gasteiger partial charge in [-0.1, -0.05) is 6.92 Å². The quantitative estimate of drug-likeness (QED) is 0.652. The molecule has 28 heavy (non-hydrogen) atoms. The Bertz CT molecular complexity index is 958. The Morgan fingerprint density at radius 3 is 2.39 bits per heavy atom. The van der Waals surface area contributed by atoms with E-state index in [0.29, 0.717) is 6.54 Å². The fraction of sp³-hybridized carbons (Fsp3) is 0.476. The molecular weight excluding hydrogens is 374 g/mol. The van der Waals surface area contributed by atoms with Crippen molar-refractivity contribution in [3.05, 3.63) is 47.3 Å². The maximum absolute atomic E-state index is 13.0. The zero-order valence-electron chi connectivity index (χ0n) is 16.8. The summed E-state index contributed by atoms with van der Waals surface area (Å²) in [6.07, 6.45) is 3.59. The van der Waals surface area contributed by atoms with Crippen molar-refractivity contribution < 1.29 is 13.2 Å². The highest BCUT2D eigenvalue weighted by molar-refractivity contribution is 7.89. The Labute approximate surface area is 167 Å². The number of nitrogens with zero attached hydrogens (tertiary/aromatic N) is 2. The molecule has 1 aliphatic rings. The third-order valence-electron chi connectivity index (χ3n) is 5.28. The highest BCUT2D eigenvalue weighted by Gasteiger charge is 2.26. The van der Waals surface area contributed by atoms with Crippen LogP contribution in [-0.2, 0) is 10.0 Å². The Balaban J connectivity index is 1.83. The first-order valence-electron chi connectivity index (χ1n) is 9.78. The molecule has 1 aliphatic carbocycles. The minimum absolute atomic E-state index is 0.0743. The number of carbonyl (C=O) groups excluding carboxylic acids is 1. The fourth-order valence-corrected chi connectivity index (χ4v) is 4.25. The summed E-state index contributed by atoms with van der Waals surface area (Å²) in [5.74, 6) is 0.888. The largest absolute Gasteiger partial charge is 0.318 e. The number of sulfonamides is 1. The maximum atomic E-state index is 13.0. The van der Waals surface area contributed by atoms with Gasteiger partial charge in [0.15, 0.2) is 5.78 Å². The van der Waals surface area contributed by atoms with Crippen LogP contribution in [0.25, 0.3) is 5.69 Å². The number of benzene rings is 1. The summed E-state index contributed by atoms with van der Waals surface area (Å²) in [6, 6.07) is 8.33. The Morgan fingerprint density at radius 1 is 1.21 bits per heavy atom. The number of hydrogen-bond acceptors (Lipinski definition) is 4. The molecule has 3 rings (SSSR count). The second-order valence-corrected chi connectivity index (χ2v) is 9.32. The van der Waals surface area contributed by atoms with Gasteiger partial charge in [0.05, 0.1) is 11.4 Å². The molecule has 0 saturated heterocycles. The van der Waals surface area contributed by atoms with E-state index in [9.17, 15) is 13.2 Å². The van der Waals surface area contributed by atoms with Crippen LogP contribution < -0.4 is 5.14 Å². The molecular formula is C21H29N3O3S. The van der Waals surface area contributed by atoms with E-state index in [0.717, 1.165) is 48.1 Å². The fourth-order valence-electron chi connectivity index (χ4n) is 3.73. The van der Waals surface area contributed by atoms with Gasteiger partial charge in [-0.2, -0.15) is 0 Å². The normalized spacial score (nSPS) is 14.6. The van der Waals surface area contributed by atoms with Gasteiger partial charge in [-0.25, -0.2) is 13.6 Å². The lowest BCUT2D eigenvalue weighted by Gasteiger charge is -2.20. The molecule has 6 nitrogen and oxygen atoms in total. The molecule has 1 heterocycles. The standard InChI is InChI=1S/C21H29N3O3S/c1-4-11-23(13-17-5-6-17)14-21(25)20-12-15(2)24(16(20)3)18-7-9-19(10-8-18)28(22,26)27/h7-10,12,17H,4-6,11,13-14H2,1-3H3,(H2,22,26,27). The predicted molar refractivity (Wildman–Crippen MR) is 110 cm³/mol. The summed E-state index contributed by atoms with van der Waals surface area (Å²) < 4.78 is 24.9. The van der Waals surface area contributed by atoms with Gasteiger partial charge < -0.3 is 4.57 Å². The van der Waals surface area contributed by atoms with E-state index in [-0.39, 0.29) is 10.7 Å². The van der Waals surface area contributed by atoms with Crippen molar-refractivity contribution in [1.82, 2.24) is 9.47 Å². The second kappa shape index (κ2) is 8.19. The highest BCUT2D eigenvalue weighted by Crippen LogP contribution is 2.30. The Hall–Kier alpha value is -1.96. The van der Waals surface area contributed by atoms with Gasteiger partial charge in [0, 0.05) is 29.2 Å². The number of primary sulfonamides is 1. The predicted octanol–water partition coefficient (Wildman–Crippen LogP) is 3.05. The monoisotopic (exact) mass is 403 g/mol. The van der Waals surface area contributed by atoms with Crippen molar-refractivity contribution in [2.75, 3.05) is 19.6 Å². The van der Waals surface area contributed by atoms with E-state index in [1.807, 2.05) is 24.5 Å². The Morgan fingerprint density at radius 2 is 1.86 bits per heavy atom. The van der Waals surface area contributed by atoms with E-state index in [2.05, 4.69) is 11.8 Å². The average molecular weight is 404 g/mol. The number of ketones is 1. The molecule has 0 atom stereocenters. The maximum Gasteiger partial charge on any atom is 0.238 e. The minimum atomic E-state index is -3.72. The van der Waals surface area contributed by atoms with E-state index in [1.165, 1.54) is 25.0 Å². The van der Waals surface area contributed by atoms with Crippen LogP contribution >= 0.6 is 0 Å². The molecule has 1 aromatic carbocycles. The van der Waals surface area contributed by atoms with Gasteiger partial charge in [0.2, 0.25) is 10.0 Å². The average Bonchev–Trinajstić information content (AvgIpc) is 3.38. The number of carbonyl (C=O) groups is 1. The first kappa shape index (κ1) is 20.8. The number of Topliss-reactive ketones (excluding diaryl/α,β-unsaturated/α-hetero) is 1. The van der Waals surface area contributed by atoms with Crippen LogP contribution in [0.3, 0.4) is 0 Å². The lowest BCUT2D eigenvalue weighted by Crippen LogP contribution is -2.32. The smallest absolute Gasteiger partial charge is 0.238 e. The molecule has 2 N–H and O–H groups in total. The number of aromatic nitrogens is 1. The van der Waals surface area contributed by atoms with Crippen molar-refractivity contribution >= 4 is 15.8 Å². The molecule has 0 radical (unpaired) electrons. The molecule has 1 fully saturated rings. The minimum Gasteiger partial charge on any atom is -0.318 e. The summed E-state index contributed by atoms with van der Waals surface area (Å²) in [6.45, 7) is 8.41. The number of aryl methyl sites for hydroxylation is 1. The van der Waals surface area contributed by atoms with Gasteiger partial charge in [-0.15, -0.1) is 0 Å². The van der Waals surface area contributed by atoms with Gasteiger partial charge in [0.1, 0.15) is 0 Å². The molecule has 152 valence electrons. The van der Waals surface area contributed by atoms with Crippen LogP contribution in [0.5, 0.6) is 0 Å². The van der Waals surface area contributed by atoms with Crippen molar-refractivity contribution in [3.63, 3.8) is 0 Å². The number of hydrogen-bond donors (Lipinski definition) is 1. The first-order chi connectivity index (χ1) is 13.2. The summed E-state index contributed by atoms with van der Waals surface area (Å²) in [5.41, 5.74) is 3.34. The molecule has 0 unspecified atom stereocenters. The third-order valence-corrected chi connectivity index (χ3v) is 6.20. The summed E-state index contributed by atoms with van der Waals surface area (Å²) in [7, 11) is -3.72. The SMILES string of the molecule is CCCN(CC(=O)c1cc(C)n(-c2ccc(S(N)(=O)=O)cc2)c1C)CC1CC1. The van der Waals surface area contributed by atoms with E-state index in [1.54, 1.807) is 12.1 Å². The van der Waals surface area contributed by atoms with Crippen LogP contribution in [0.1, 0.15) is 47.9 Å². The molecule has 1 saturated carbocycles. The van der Waals surface area contributed by atoms with Crippen LogP contribution in [0.4, 0.5) is 0 Å². The molecule has 7 heteroatoms. The lowest BCUT2D eigenvalue weighted by atomic mass is 10.1. The zero-order chi connectivity index (χ0) is 20.5. The van der Waals surface area contributed by atoms with Gasteiger partial charge in [0.25, 0.3) is 0 Å². The Kier molecular flexibility index (Phi) is 6.07. The van der Waals surface area contributed by atoms with Crippen LogP contribution in [0, 0.1) is 19.8 Å². The molecule has 0 bridgehead atoms. The topological polar surface area (TPSA) is 85.4 Å². The second-order valence-electron chi connectivity index (χ2n) is 7.76. The summed E-state index contributed by atoms with van der Waals surface area (Å²) in [4.78, 5) is 15.3. The van der Waals surface area contributed by atoms with Gasteiger partial charge >= 0.3 is 0 Å². The molecule has 0 amide bonds. The van der Waals surface area contributed by atoms with Crippen molar-refractivity contribution in [2.24, 2.45) is 11.1 Å². The third kappa shape index (κ3) is 4.71. The molecule has 0 spiro atoms. The van der Waals surface area contributed by atoms with E-state index in [4.69, 9.17) is 5.14 Å². The van der Waals surface area contributed by atoms with Crippen molar-refractivity contribution in [3.8, 4) is 5.69 Å². The van der Waals surface area contributed by atoms with E-state index >= 15 is 0 Å². The molecule has 2 aromatic rings. The van der Waals surface area contributed by atoms with Crippen LogP contribution in [0.15, 0.2) is 35.2 Å². The summed E-state index contributed by atoms with van der Waals surface area (Å²) in [5, 5.41) is 5.18. The van der Waals surface area contributed by atoms with Gasteiger partial charge in [-0.05, 0) is 75.9 Å². The summed E-state index contributed by atoms with van der Waals surface area (Å²) >= 11 is 0. The lowest BCUT2D eigenvalue weighted by molar-refractivity contribution is 0.0926. The molecule has 0 aliphatic heterocycles. The number of nitrogens with two attached hydrogens (primary N) is 1. The van der Waals surface area contributed by atoms with Gasteiger partial charge in [-0.3, -0.25) is 9.69 Å². The number of rotatable bonds is 9.